The van der Waals surface area contributed by atoms with Crippen molar-refractivity contribution in [1.29, 1.82) is 0 Å². The summed E-state index contributed by atoms with van der Waals surface area (Å²) in [7, 11) is 0. The largest absolute Gasteiger partial charge is 0.409 e. The van der Waals surface area contributed by atoms with Crippen molar-refractivity contribution in [2.45, 2.75) is 38.1 Å². The van der Waals surface area contributed by atoms with Gasteiger partial charge in [0, 0.05) is 6.04 Å². The molecule has 1 fully saturated rings. The molecule has 0 heterocycles. The molecule has 0 radical (unpaired) electrons. The Morgan fingerprint density at radius 3 is 2.65 bits per heavy atom. The molecule has 1 aromatic carbocycles. The molecule has 1 amide bonds. The van der Waals surface area contributed by atoms with Gasteiger partial charge in [0.05, 0.1) is 0 Å². The van der Waals surface area contributed by atoms with Gasteiger partial charge in [-0.2, -0.15) is 0 Å². The Bertz CT molecular complexity index is 487. The van der Waals surface area contributed by atoms with E-state index in [4.69, 9.17) is 10.9 Å². The number of carbonyl (C=O) groups is 1. The fourth-order valence-electron chi connectivity index (χ4n) is 2.79. The van der Waals surface area contributed by atoms with E-state index in [1.807, 2.05) is 18.2 Å². The molecule has 108 valence electrons. The van der Waals surface area contributed by atoms with Crippen LogP contribution in [0.15, 0.2) is 35.5 Å². The molecule has 4 N–H and O–H groups in total. The number of rotatable bonds is 4. The molecule has 0 saturated heterocycles. The number of hydrogen-bond donors (Lipinski definition) is 3. The van der Waals surface area contributed by atoms with Crippen LogP contribution in [0, 0.1) is 5.92 Å². The third-order valence-electron chi connectivity index (χ3n) is 4.00. The Morgan fingerprint density at radius 1 is 1.40 bits per heavy atom. The van der Waals surface area contributed by atoms with Gasteiger partial charge in [-0.25, -0.2) is 0 Å². The van der Waals surface area contributed by atoms with Crippen LogP contribution in [0.1, 0.15) is 37.7 Å². The van der Waals surface area contributed by atoms with Crippen LogP contribution in [-0.2, 0) is 4.79 Å². The summed E-state index contributed by atoms with van der Waals surface area (Å²) in [6.07, 6.45) is 3.25. The zero-order valence-electron chi connectivity index (χ0n) is 11.6. The first-order valence-corrected chi connectivity index (χ1v) is 6.96. The highest BCUT2D eigenvalue weighted by Crippen LogP contribution is 2.26. The molecule has 0 spiro atoms. The Hall–Kier alpha value is -2.04. The number of hydrogen-bond acceptors (Lipinski definition) is 3. The Balaban J connectivity index is 2.17. The van der Waals surface area contributed by atoms with Crippen molar-refractivity contribution in [2.75, 3.05) is 0 Å². The van der Waals surface area contributed by atoms with Crippen LogP contribution >= 0.6 is 0 Å². The molecular weight excluding hydrogens is 254 g/mol. The van der Waals surface area contributed by atoms with Gasteiger partial charge in [0.2, 0.25) is 5.91 Å². The second-order valence-corrected chi connectivity index (χ2v) is 5.39. The van der Waals surface area contributed by atoms with E-state index >= 15 is 0 Å². The standard InChI is InChI=1S/C15H21N3O2/c1-10-6-5-9-12(10)17-15(19)13(14(16)18-20)11-7-3-2-4-8-11/h2-4,7-8,10,12-13,20H,5-6,9H2,1H3,(H2,16,18)(H,17,19). The van der Waals surface area contributed by atoms with E-state index in [1.54, 1.807) is 12.1 Å². The maximum Gasteiger partial charge on any atom is 0.235 e. The Labute approximate surface area is 118 Å². The maximum atomic E-state index is 12.5. The molecule has 0 aromatic heterocycles. The number of amides is 1. The molecule has 0 aliphatic heterocycles. The van der Waals surface area contributed by atoms with Crippen molar-refractivity contribution in [2.24, 2.45) is 16.8 Å². The highest BCUT2D eigenvalue weighted by Gasteiger charge is 2.30. The molecule has 1 aliphatic carbocycles. The number of oxime groups is 1. The highest BCUT2D eigenvalue weighted by molar-refractivity contribution is 6.07. The molecule has 1 aromatic rings. The van der Waals surface area contributed by atoms with Gasteiger partial charge in [0.15, 0.2) is 5.84 Å². The van der Waals surface area contributed by atoms with Gasteiger partial charge in [-0.3, -0.25) is 4.79 Å². The second kappa shape index (κ2) is 6.41. The first-order valence-electron chi connectivity index (χ1n) is 6.96. The SMILES string of the molecule is CC1CCCC1NC(=O)C(C(N)=NO)c1ccccc1. The van der Waals surface area contributed by atoms with Crippen LogP contribution in [0.5, 0.6) is 0 Å². The summed E-state index contributed by atoms with van der Waals surface area (Å²) in [5, 5.41) is 15.0. The minimum atomic E-state index is -0.742. The minimum Gasteiger partial charge on any atom is -0.409 e. The lowest BCUT2D eigenvalue weighted by Gasteiger charge is -2.22. The number of benzene rings is 1. The average molecular weight is 275 g/mol. The lowest BCUT2D eigenvalue weighted by molar-refractivity contribution is -0.122. The molecule has 2 rings (SSSR count). The van der Waals surface area contributed by atoms with Crippen LogP contribution in [0.4, 0.5) is 0 Å². The summed E-state index contributed by atoms with van der Waals surface area (Å²) in [5.74, 6) is -0.554. The van der Waals surface area contributed by atoms with Gasteiger partial charge in [-0.05, 0) is 24.3 Å². The molecule has 5 nitrogen and oxygen atoms in total. The molecule has 20 heavy (non-hydrogen) atoms. The number of amidine groups is 1. The molecule has 1 saturated carbocycles. The molecule has 3 unspecified atom stereocenters. The quantitative estimate of drug-likeness (QED) is 0.339. The monoisotopic (exact) mass is 275 g/mol. The normalized spacial score (nSPS) is 24.4. The van der Waals surface area contributed by atoms with Crippen LogP contribution in [0.2, 0.25) is 0 Å². The van der Waals surface area contributed by atoms with Crippen molar-refractivity contribution in [3.05, 3.63) is 35.9 Å². The Kier molecular flexibility index (Phi) is 4.61. The van der Waals surface area contributed by atoms with E-state index < -0.39 is 5.92 Å². The summed E-state index contributed by atoms with van der Waals surface area (Å²) < 4.78 is 0. The number of nitrogens with two attached hydrogens (primary N) is 1. The van der Waals surface area contributed by atoms with E-state index in [1.165, 1.54) is 0 Å². The van der Waals surface area contributed by atoms with Crippen molar-refractivity contribution < 1.29 is 10.0 Å². The predicted octanol–water partition coefficient (Wildman–Crippen LogP) is 1.82. The number of carbonyl (C=O) groups excluding carboxylic acids is 1. The van der Waals surface area contributed by atoms with Gasteiger partial charge >= 0.3 is 0 Å². The minimum absolute atomic E-state index is 0.0839. The zero-order chi connectivity index (χ0) is 14.5. The third-order valence-corrected chi connectivity index (χ3v) is 4.00. The fraction of sp³-hybridized carbons (Fsp3) is 0.467. The second-order valence-electron chi connectivity index (χ2n) is 5.39. The molecule has 5 heteroatoms. The summed E-state index contributed by atoms with van der Waals surface area (Å²) in [5.41, 5.74) is 6.43. The van der Waals surface area contributed by atoms with Crippen LogP contribution in [-0.4, -0.2) is 23.0 Å². The number of nitrogens with one attached hydrogen (secondary N) is 1. The predicted molar refractivity (Wildman–Crippen MR) is 77.5 cm³/mol. The summed E-state index contributed by atoms with van der Waals surface area (Å²) in [6, 6.07) is 9.32. The van der Waals surface area contributed by atoms with E-state index in [0.717, 1.165) is 24.8 Å². The smallest absolute Gasteiger partial charge is 0.235 e. The number of nitrogens with zero attached hydrogens (tertiary/aromatic N) is 1. The molecule has 0 bridgehead atoms. The Morgan fingerprint density at radius 2 is 2.10 bits per heavy atom. The maximum absolute atomic E-state index is 12.5. The molecule has 3 atom stereocenters. The van der Waals surface area contributed by atoms with Gasteiger partial charge in [0.25, 0.3) is 0 Å². The van der Waals surface area contributed by atoms with Gasteiger partial charge in [-0.1, -0.05) is 48.8 Å². The first-order chi connectivity index (χ1) is 9.63. The lowest BCUT2D eigenvalue weighted by atomic mass is 9.96. The summed E-state index contributed by atoms with van der Waals surface area (Å²) >= 11 is 0. The van der Waals surface area contributed by atoms with E-state index in [-0.39, 0.29) is 17.8 Å². The van der Waals surface area contributed by atoms with Crippen molar-refractivity contribution in [1.82, 2.24) is 5.32 Å². The summed E-state index contributed by atoms with van der Waals surface area (Å²) in [6.45, 7) is 2.14. The van der Waals surface area contributed by atoms with Crippen molar-refractivity contribution >= 4 is 11.7 Å². The first kappa shape index (κ1) is 14.4. The topological polar surface area (TPSA) is 87.7 Å². The van der Waals surface area contributed by atoms with Crippen LogP contribution in [0.3, 0.4) is 0 Å². The molecular formula is C15H21N3O2. The lowest BCUT2D eigenvalue weighted by Crippen LogP contribution is -2.43. The fourth-order valence-corrected chi connectivity index (χ4v) is 2.79. The third kappa shape index (κ3) is 3.10. The van der Waals surface area contributed by atoms with E-state index in [2.05, 4.69) is 17.4 Å². The highest BCUT2D eigenvalue weighted by atomic mass is 16.4. The van der Waals surface area contributed by atoms with Crippen LogP contribution in [0.25, 0.3) is 0 Å². The van der Waals surface area contributed by atoms with Crippen molar-refractivity contribution in [3.63, 3.8) is 0 Å². The van der Waals surface area contributed by atoms with E-state index in [0.29, 0.717) is 5.92 Å². The van der Waals surface area contributed by atoms with Crippen molar-refractivity contribution in [3.8, 4) is 0 Å². The molecule has 1 aliphatic rings. The zero-order valence-corrected chi connectivity index (χ0v) is 11.6. The van der Waals surface area contributed by atoms with E-state index in [9.17, 15) is 4.79 Å². The average Bonchev–Trinajstić information content (AvgIpc) is 2.85. The van der Waals surface area contributed by atoms with Gasteiger partial charge in [0.1, 0.15) is 5.92 Å². The van der Waals surface area contributed by atoms with Gasteiger partial charge < -0.3 is 16.3 Å². The summed E-state index contributed by atoms with van der Waals surface area (Å²) in [4.78, 5) is 12.5. The van der Waals surface area contributed by atoms with Crippen LogP contribution < -0.4 is 11.1 Å². The van der Waals surface area contributed by atoms with Gasteiger partial charge in [-0.15, -0.1) is 0 Å².